The summed E-state index contributed by atoms with van der Waals surface area (Å²) in [7, 11) is 0. The molecule has 1 atom stereocenters. The van der Waals surface area contributed by atoms with Gasteiger partial charge < -0.3 is 0 Å². The van der Waals surface area contributed by atoms with E-state index in [1.54, 1.807) is 0 Å². The number of halogens is 2. The Kier molecular flexibility index (Phi) is 20.9. The summed E-state index contributed by atoms with van der Waals surface area (Å²) in [6.45, 7) is 0.368. The zero-order chi connectivity index (χ0) is 2.71. The Bertz CT molecular complexity index is 8.00. The Morgan fingerprint density at radius 1 is 1.75 bits per heavy atom. The Morgan fingerprint density at radius 3 is 1.75 bits per heavy atom. The van der Waals surface area contributed by atoms with Gasteiger partial charge in [-0.1, -0.05) is 11.2 Å². The van der Waals surface area contributed by atoms with Gasteiger partial charge in [0.25, 0.3) is 0 Å². The molecular formula is H4BrClPSb. The molecule has 4 heavy (non-hydrogen) atoms. The Balaban J connectivity index is 0. The molecule has 0 fully saturated rings. The number of hydrogen-bond acceptors (Lipinski definition) is 0. The quantitative estimate of drug-likeness (QED) is 0.455. The van der Waals surface area contributed by atoms with Crippen LogP contribution in [0.5, 0.6) is 0 Å². The Morgan fingerprint density at radius 2 is 1.75 bits per heavy atom. The predicted molar refractivity (Wildman–Crippen MR) is 33.0 cm³/mol. The molecule has 0 saturated carbocycles. The molecule has 0 aromatic heterocycles. The SMILES string of the molecule is ClPBr.[SbH3]. The summed E-state index contributed by atoms with van der Waals surface area (Å²) in [6, 6.07) is 0. The van der Waals surface area contributed by atoms with Gasteiger partial charge in [0.15, 0.2) is 0 Å². The molecule has 0 spiro atoms. The fourth-order valence-electron chi connectivity index (χ4n) is 0. The van der Waals surface area contributed by atoms with Crippen LogP contribution in [0.1, 0.15) is 0 Å². The average Bonchev–Trinajstić information content (AvgIpc) is 0.918. The zero-order valence-corrected chi connectivity index (χ0v) is 9.34. The van der Waals surface area contributed by atoms with E-state index in [9.17, 15) is 0 Å². The van der Waals surface area contributed by atoms with E-state index in [-0.39, 0.29) is 24.4 Å². The van der Waals surface area contributed by atoms with Gasteiger partial charge in [0, 0.05) is 6.64 Å². The summed E-state index contributed by atoms with van der Waals surface area (Å²) in [5.74, 6) is 0. The van der Waals surface area contributed by atoms with E-state index in [0.29, 0.717) is 6.64 Å². The van der Waals surface area contributed by atoms with E-state index < -0.39 is 0 Å². The normalized spacial score (nSPS) is 7.50. The third-order valence-electron chi connectivity index (χ3n) is 0. The molecule has 28 valence electrons. The van der Waals surface area contributed by atoms with Gasteiger partial charge in [-0.2, -0.15) is 0 Å². The van der Waals surface area contributed by atoms with Crippen molar-refractivity contribution in [3.63, 3.8) is 0 Å². The van der Waals surface area contributed by atoms with Gasteiger partial charge in [0.05, 0.1) is 0 Å². The molecule has 0 aromatic rings. The number of hydrogen-bond donors (Lipinski definition) is 0. The van der Waals surface area contributed by atoms with Crippen LogP contribution in [0, 0.1) is 0 Å². The fraction of sp³-hybridized carbons (Fsp3) is 0. The van der Waals surface area contributed by atoms with Gasteiger partial charge >= 0.3 is 24.4 Å². The molecule has 0 bridgehead atoms. The van der Waals surface area contributed by atoms with Gasteiger partial charge in [-0.15, -0.1) is 0 Å². The van der Waals surface area contributed by atoms with Crippen molar-refractivity contribution in [3.05, 3.63) is 0 Å². The molecular weight excluding hydrogens is 268 g/mol. The van der Waals surface area contributed by atoms with E-state index in [1.165, 1.54) is 0 Å². The van der Waals surface area contributed by atoms with E-state index in [0.717, 1.165) is 0 Å². The van der Waals surface area contributed by atoms with Gasteiger partial charge in [-0.25, -0.2) is 0 Å². The van der Waals surface area contributed by atoms with E-state index >= 15 is 0 Å². The van der Waals surface area contributed by atoms with Crippen LogP contribution in [0.15, 0.2) is 0 Å². The molecule has 4 heteroatoms. The van der Waals surface area contributed by atoms with E-state index in [2.05, 4.69) is 15.5 Å². The third kappa shape index (κ3) is 8.99. The van der Waals surface area contributed by atoms with Crippen LogP contribution in [0.3, 0.4) is 0 Å². The molecule has 1 unspecified atom stereocenters. The van der Waals surface area contributed by atoms with Crippen molar-refractivity contribution in [3.8, 4) is 0 Å². The van der Waals surface area contributed by atoms with Crippen LogP contribution < -0.4 is 0 Å². The Labute approximate surface area is 57.4 Å². The summed E-state index contributed by atoms with van der Waals surface area (Å²) < 4.78 is 0. The van der Waals surface area contributed by atoms with Crippen LogP contribution in [0.4, 0.5) is 0 Å². The van der Waals surface area contributed by atoms with Crippen molar-refractivity contribution in [2.75, 3.05) is 0 Å². The van der Waals surface area contributed by atoms with Crippen LogP contribution in [-0.4, -0.2) is 24.4 Å². The van der Waals surface area contributed by atoms with Crippen LogP contribution in [0.2, 0.25) is 0 Å². The van der Waals surface area contributed by atoms with E-state index in [4.69, 9.17) is 11.2 Å². The minimum absolute atomic E-state index is 0. The van der Waals surface area contributed by atoms with Gasteiger partial charge in [0.2, 0.25) is 0 Å². The molecule has 0 saturated heterocycles. The van der Waals surface area contributed by atoms with Gasteiger partial charge in [-0.3, -0.25) is 0 Å². The molecule has 0 N–H and O–H groups in total. The summed E-state index contributed by atoms with van der Waals surface area (Å²) in [4.78, 5) is 0. The van der Waals surface area contributed by atoms with Crippen molar-refractivity contribution in [2.45, 2.75) is 0 Å². The fourth-order valence-corrected chi connectivity index (χ4v) is 0. The molecule has 0 aliphatic heterocycles. The first-order valence-corrected chi connectivity index (χ1v) is 4.65. The summed E-state index contributed by atoms with van der Waals surface area (Å²) in [6.07, 6.45) is 0. The average molecular weight is 272 g/mol. The zero-order valence-electron chi connectivity index (χ0n) is 1.96. The van der Waals surface area contributed by atoms with Crippen LogP contribution in [0.25, 0.3) is 0 Å². The van der Waals surface area contributed by atoms with Crippen LogP contribution >= 0.6 is 33.4 Å². The summed E-state index contributed by atoms with van der Waals surface area (Å²) in [5, 5.41) is 0. The molecule has 0 aliphatic rings. The van der Waals surface area contributed by atoms with Gasteiger partial charge in [-0.05, 0) is 15.5 Å². The topological polar surface area (TPSA) is 0 Å². The predicted octanol–water partition coefficient (Wildman–Crippen LogP) is 0.945. The first-order chi connectivity index (χ1) is 1.41. The van der Waals surface area contributed by atoms with Crippen molar-refractivity contribution in [2.24, 2.45) is 0 Å². The molecule has 0 rings (SSSR count). The van der Waals surface area contributed by atoms with Gasteiger partial charge in [0.1, 0.15) is 0 Å². The molecule has 0 aliphatic carbocycles. The molecule has 0 nitrogen and oxygen atoms in total. The Hall–Kier alpha value is 2.02. The first kappa shape index (κ1) is 9.39. The maximum absolute atomic E-state index is 4.94. The second-order valence-corrected chi connectivity index (χ2v) is 3.34. The van der Waals surface area contributed by atoms with Crippen LogP contribution in [-0.2, 0) is 0 Å². The first-order valence-electron chi connectivity index (χ1n) is 0.378. The van der Waals surface area contributed by atoms with Crippen molar-refractivity contribution >= 4 is 57.8 Å². The standard InChI is InChI=1S/BrClHP.Sb.3H/c1-3-2;;;;/h3H;;;;. The number of rotatable bonds is 0. The second kappa shape index (κ2) is 8.89. The minimum atomic E-state index is 0. The molecule has 0 radical (unpaired) electrons. The summed E-state index contributed by atoms with van der Waals surface area (Å²) >= 11 is 7.88. The second-order valence-electron chi connectivity index (χ2n) is 0.0714. The molecule has 0 amide bonds. The maximum atomic E-state index is 4.94. The van der Waals surface area contributed by atoms with Crippen molar-refractivity contribution < 1.29 is 0 Å². The van der Waals surface area contributed by atoms with Crippen molar-refractivity contribution in [1.29, 1.82) is 0 Å². The monoisotopic (exact) mass is 270 g/mol. The molecule has 0 aromatic carbocycles. The summed E-state index contributed by atoms with van der Waals surface area (Å²) in [5.41, 5.74) is 0. The van der Waals surface area contributed by atoms with Crippen molar-refractivity contribution in [1.82, 2.24) is 0 Å². The third-order valence-corrected chi connectivity index (χ3v) is 0. The van der Waals surface area contributed by atoms with E-state index in [1.807, 2.05) is 0 Å². The molecule has 0 heterocycles.